The summed E-state index contributed by atoms with van der Waals surface area (Å²) in [6.45, 7) is 4.60. The van der Waals surface area contributed by atoms with Crippen molar-refractivity contribution in [2.75, 3.05) is 27.9 Å². The molecule has 3 aromatic carbocycles. The molecule has 0 fully saturated rings. The van der Waals surface area contributed by atoms with Crippen molar-refractivity contribution in [3.63, 3.8) is 0 Å². The van der Waals surface area contributed by atoms with Crippen LogP contribution in [-0.2, 0) is 0 Å². The molecule has 0 radical (unpaired) electrons. The van der Waals surface area contributed by atoms with Crippen molar-refractivity contribution in [2.45, 2.75) is 31.7 Å². The summed E-state index contributed by atoms with van der Waals surface area (Å²) in [5, 5.41) is 0. The van der Waals surface area contributed by atoms with Gasteiger partial charge >= 0.3 is 0 Å². The molecule has 0 saturated carbocycles. The molecule has 170 valence electrons. The van der Waals surface area contributed by atoms with Gasteiger partial charge in [-0.15, -0.1) is 0 Å². The lowest BCUT2D eigenvalue weighted by molar-refractivity contribution is 0.317. The Bertz CT molecular complexity index is 948. The minimum atomic E-state index is -0.397. The molecule has 0 saturated heterocycles. The van der Waals surface area contributed by atoms with E-state index in [0.29, 0.717) is 23.8 Å². The van der Waals surface area contributed by atoms with Gasteiger partial charge in [0.25, 0.3) is 0 Å². The van der Waals surface area contributed by atoms with Gasteiger partial charge in [-0.25, -0.2) is 0 Å². The molecule has 0 aliphatic carbocycles. The maximum atomic E-state index is 6.69. The van der Waals surface area contributed by atoms with Crippen molar-refractivity contribution in [1.29, 1.82) is 0 Å². The van der Waals surface area contributed by atoms with Crippen LogP contribution in [0.2, 0.25) is 0 Å². The third-order valence-corrected chi connectivity index (χ3v) is 6.18. The Morgan fingerprint density at radius 1 is 0.625 bits per heavy atom. The van der Waals surface area contributed by atoms with Crippen molar-refractivity contribution in [3.05, 3.63) is 88.5 Å². The van der Waals surface area contributed by atoms with Crippen LogP contribution in [0.4, 0.5) is 0 Å². The lowest BCUT2D eigenvalue weighted by Crippen LogP contribution is -2.26. The van der Waals surface area contributed by atoms with Gasteiger partial charge in [0.2, 0.25) is 5.75 Å². The lowest BCUT2D eigenvalue weighted by Gasteiger charge is -2.31. The van der Waals surface area contributed by atoms with Gasteiger partial charge in [-0.1, -0.05) is 74.5 Å². The van der Waals surface area contributed by atoms with Crippen LogP contribution in [0.25, 0.3) is 0 Å². The molecule has 0 spiro atoms. The summed E-state index contributed by atoms with van der Waals surface area (Å²) in [6, 6.07) is 20.2. The molecule has 0 amide bonds. The number of methoxy groups -OCH3 is 3. The topological polar surface area (TPSA) is 79.7 Å². The van der Waals surface area contributed by atoms with E-state index in [0.717, 1.165) is 27.8 Å². The molecule has 3 atom stereocenters. The molecule has 32 heavy (non-hydrogen) atoms. The maximum Gasteiger partial charge on any atom is 0.203 e. The van der Waals surface area contributed by atoms with E-state index in [1.165, 1.54) is 0 Å². The molecule has 5 heteroatoms. The first-order valence-corrected chi connectivity index (χ1v) is 10.9. The number of rotatable bonds is 9. The van der Waals surface area contributed by atoms with Gasteiger partial charge in [0, 0.05) is 35.5 Å². The molecule has 0 aromatic heterocycles. The quantitative estimate of drug-likeness (QED) is 0.497. The van der Waals surface area contributed by atoms with Gasteiger partial charge < -0.3 is 25.7 Å². The van der Waals surface area contributed by atoms with Gasteiger partial charge in [-0.3, -0.25) is 0 Å². The van der Waals surface area contributed by atoms with Crippen LogP contribution in [0.15, 0.2) is 60.7 Å². The fourth-order valence-electron chi connectivity index (χ4n) is 4.52. The van der Waals surface area contributed by atoms with Crippen molar-refractivity contribution in [1.82, 2.24) is 0 Å². The zero-order chi connectivity index (χ0) is 23.3. The average Bonchev–Trinajstić information content (AvgIpc) is 2.86. The van der Waals surface area contributed by atoms with Gasteiger partial charge in [0.1, 0.15) is 0 Å². The van der Waals surface area contributed by atoms with E-state index in [-0.39, 0.29) is 11.8 Å². The first kappa shape index (κ1) is 23.6. The Morgan fingerprint density at radius 2 is 1.00 bits per heavy atom. The van der Waals surface area contributed by atoms with E-state index in [1.54, 1.807) is 21.3 Å². The van der Waals surface area contributed by atoms with Gasteiger partial charge in [-0.2, -0.15) is 0 Å². The highest BCUT2D eigenvalue weighted by atomic mass is 16.5. The van der Waals surface area contributed by atoms with E-state index in [2.05, 4.69) is 38.1 Å². The molecule has 3 aromatic rings. The summed E-state index contributed by atoms with van der Waals surface area (Å²) in [6.07, 6.45) is 0. The van der Waals surface area contributed by atoms with Crippen LogP contribution in [0.3, 0.4) is 0 Å². The Labute approximate surface area is 191 Å². The van der Waals surface area contributed by atoms with Crippen LogP contribution < -0.4 is 25.7 Å². The highest BCUT2D eigenvalue weighted by Gasteiger charge is 2.34. The molecule has 4 N–H and O–H groups in total. The first-order chi connectivity index (χ1) is 15.5. The molecule has 5 nitrogen and oxygen atoms in total. The second-order valence-electron chi connectivity index (χ2n) is 7.95. The largest absolute Gasteiger partial charge is 0.492 e. The highest BCUT2D eigenvalue weighted by molar-refractivity contribution is 5.68. The minimum Gasteiger partial charge on any atom is -0.492 e. The number of nitrogens with two attached hydrogens (primary N) is 2. The van der Waals surface area contributed by atoms with Crippen LogP contribution in [0.1, 0.15) is 59.5 Å². The zero-order valence-corrected chi connectivity index (χ0v) is 19.6. The fraction of sp³-hybridized carbons (Fsp3) is 0.333. The highest BCUT2D eigenvalue weighted by Crippen LogP contribution is 2.53. The second-order valence-corrected chi connectivity index (χ2v) is 7.95. The third-order valence-electron chi connectivity index (χ3n) is 6.18. The molecule has 3 unspecified atom stereocenters. The van der Waals surface area contributed by atoms with Gasteiger partial charge in [0.05, 0.1) is 21.3 Å². The normalized spacial score (nSPS) is 13.8. The Morgan fingerprint density at radius 3 is 1.31 bits per heavy atom. The molecule has 0 bridgehead atoms. The van der Waals surface area contributed by atoms with E-state index >= 15 is 0 Å². The predicted octanol–water partition coefficient (Wildman–Crippen LogP) is 4.97. The summed E-state index contributed by atoms with van der Waals surface area (Å²) in [5.74, 6) is 1.83. The summed E-state index contributed by atoms with van der Waals surface area (Å²) in [5.41, 5.74) is 18.0. The molecule has 3 rings (SSSR count). The fourth-order valence-corrected chi connectivity index (χ4v) is 4.52. The van der Waals surface area contributed by atoms with Gasteiger partial charge in [0.15, 0.2) is 11.5 Å². The van der Waals surface area contributed by atoms with Crippen LogP contribution >= 0.6 is 0 Å². The Balaban J connectivity index is 2.44. The van der Waals surface area contributed by atoms with Crippen molar-refractivity contribution >= 4 is 0 Å². The average molecular weight is 435 g/mol. The molecule has 0 aliphatic rings. The molecule has 0 heterocycles. The molecular weight excluding hydrogens is 400 g/mol. The minimum absolute atomic E-state index is 0.000259. The smallest absolute Gasteiger partial charge is 0.203 e. The van der Waals surface area contributed by atoms with Crippen LogP contribution in [0.5, 0.6) is 17.2 Å². The van der Waals surface area contributed by atoms with E-state index in [1.807, 2.05) is 36.4 Å². The second kappa shape index (κ2) is 10.5. The summed E-state index contributed by atoms with van der Waals surface area (Å²) >= 11 is 0. The van der Waals surface area contributed by atoms with E-state index < -0.39 is 6.04 Å². The van der Waals surface area contributed by atoms with Gasteiger partial charge in [-0.05, 0) is 16.7 Å². The standard InChI is InChI=1S/C27H34N2O3/c1-17(19-12-8-6-9-13-19)22-24(21(29)16-28)23(18(2)20-14-10-7-11-15-20)26(31-4)27(32-5)25(22)30-3/h6-15,17-18,21H,16,28-29H2,1-5H3. The summed E-state index contributed by atoms with van der Waals surface area (Å²) < 4.78 is 17.7. The SMILES string of the molecule is COc1c(OC)c(C(C)c2ccccc2)c(C(N)CN)c(C(C)c2ccccc2)c1OC. The summed E-state index contributed by atoms with van der Waals surface area (Å²) in [7, 11) is 4.93. The van der Waals surface area contributed by atoms with E-state index in [4.69, 9.17) is 25.7 Å². The van der Waals surface area contributed by atoms with Crippen molar-refractivity contribution in [3.8, 4) is 17.2 Å². The lowest BCUT2D eigenvalue weighted by atomic mass is 9.78. The Kier molecular flexibility index (Phi) is 7.78. The zero-order valence-electron chi connectivity index (χ0n) is 19.6. The monoisotopic (exact) mass is 434 g/mol. The predicted molar refractivity (Wildman–Crippen MR) is 130 cm³/mol. The number of hydrogen-bond donors (Lipinski definition) is 2. The van der Waals surface area contributed by atoms with Crippen LogP contribution in [0, 0.1) is 0 Å². The van der Waals surface area contributed by atoms with E-state index in [9.17, 15) is 0 Å². The maximum absolute atomic E-state index is 6.69. The Hall–Kier alpha value is -3.02. The number of hydrogen-bond acceptors (Lipinski definition) is 5. The molecular formula is C27H34N2O3. The first-order valence-electron chi connectivity index (χ1n) is 10.9. The van der Waals surface area contributed by atoms with Crippen molar-refractivity contribution < 1.29 is 14.2 Å². The number of benzene rings is 3. The number of ether oxygens (including phenoxy) is 3. The molecule has 0 aliphatic heterocycles. The summed E-state index contributed by atoms with van der Waals surface area (Å²) in [4.78, 5) is 0. The van der Waals surface area contributed by atoms with Crippen LogP contribution in [-0.4, -0.2) is 27.9 Å². The third kappa shape index (κ3) is 4.31. The van der Waals surface area contributed by atoms with Crippen molar-refractivity contribution in [2.24, 2.45) is 11.5 Å².